The molecule has 0 bridgehead atoms. The third kappa shape index (κ3) is 4.58. The molecule has 0 spiro atoms. The van der Waals surface area contributed by atoms with Crippen molar-refractivity contribution in [3.05, 3.63) is 65.5 Å². The number of ether oxygens (including phenoxy) is 2. The van der Waals surface area contributed by atoms with Crippen LogP contribution in [0.2, 0.25) is 5.02 Å². The van der Waals surface area contributed by atoms with E-state index in [1.807, 2.05) is 30.3 Å². The van der Waals surface area contributed by atoms with Crippen molar-refractivity contribution < 1.29 is 18.7 Å². The average Bonchev–Trinajstić information content (AvgIpc) is 3.11. The first-order valence-corrected chi connectivity index (χ1v) is 7.96. The second-order valence-electron chi connectivity index (χ2n) is 5.19. The molecule has 0 fully saturated rings. The molecule has 0 unspecified atom stereocenters. The van der Waals surface area contributed by atoms with Crippen LogP contribution in [0, 0.1) is 0 Å². The van der Waals surface area contributed by atoms with Gasteiger partial charge in [0.1, 0.15) is 5.75 Å². The molecule has 0 radical (unpaired) electrons. The van der Waals surface area contributed by atoms with E-state index in [2.05, 4.69) is 10.2 Å². The van der Waals surface area contributed by atoms with E-state index >= 15 is 0 Å². The number of hydrogen-bond acceptors (Lipinski definition) is 6. The zero-order valence-electron chi connectivity index (χ0n) is 13.4. The lowest BCUT2D eigenvalue weighted by molar-refractivity contribution is -0.153. The summed E-state index contributed by atoms with van der Waals surface area (Å²) in [6, 6.07) is 16.1. The Morgan fingerprint density at radius 3 is 2.56 bits per heavy atom. The molecule has 0 amide bonds. The Balaban J connectivity index is 1.53. The van der Waals surface area contributed by atoms with Crippen molar-refractivity contribution in [1.82, 2.24) is 10.2 Å². The van der Waals surface area contributed by atoms with Crippen LogP contribution in [0.1, 0.15) is 12.8 Å². The maximum Gasteiger partial charge on any atom is 0.347 e. The summed E-state index contributed by atoms with van der Waals surface area (Å²) in [4.78, 5) is 12.0. The number of hydrogen-bond donors (Lipinski definition) is 0. The van der Waals surface area contributed by atoms with Gasteiger partial charge < -0.3 is 13.9 Å². The molecule has 0 N–H and O–H groups in total. The molecule has 0 aliphatic rings. The highest BCUT2D eigenvalue weighted by atomic mass is 35.5. The molecule has 1 heterocycles. The van der Waals surface area contributed by atoms with Gasteiger partial charge in [-0.1, -0.05) is 29.8 Å². The lowest BCUT2D eigenvalue weighted by Gasteiger charge is -2.13. The summed E-state index contributed by atoms with van der Waals surface area (Å²) in [5.41, 5.74) is 0.798. The van der Waals surface area contributed by atoms with Gasteiger partial charge in [-0.05, 0) is 43.3 Å². The number of aromatic nitrogens is 2. The SMILES string of the molecule is C[C@@H](Oc1ccc(Cl)cc1)C(=O)OCc1nnc(-c2ccccc2)o1. The largest absolute Gasteiger partial charge is 0.479 e. The van der Waals surface area contributed by atoms with Gasteiger partial charge in [0, 0.05) is 10.6 Å². The predicted molar refractivity (Wildman–Crippen MR) is 91.1 cm³/mol. The van der Waals surface area contributed by atoms with Gasteiger partial charge in [-0.2, -0.15) is 0 Å². The minimum atomic E-state index is -0.780. The van der Waals surface area contributed by atoms with E-state index in [0.717, 1.165) is 5.56 Å². The lowest BCUT2D eigenvalue weighted by Crippen LogP contribution is -2.26. The molecule has 0 aliphatic heterocycles. The topological polar surface area (TPSA) is 74.5 Å². The Morgan fingerprint density at radius 1 is 1.12 bits per heavy atom. The first-order chi connectivity index (χ1) is 12.1. The summed E-state index contributed by atoms with van der Waals surface area (Å²) in [6.45, 7) is 1.48. The number of carbonyl (C=O) groups is 1. The summed E-state index contributed by atoms with van der Waals surface area (Å²) in [6.07, 6.45) is -0.780. The first-order valence-electron chi connectivity index (χ1n) is 7.58. The minimum absolute atomic E-state index is 0.118. The molecule has 3 rings (SSSR count). The molecule has 25 heavy (non-hydrogen) atoms. The zero-order chi connectivity index (χ0) is 17.6. The maximum atomic E-state index is 12.0. The Bertz CT molecular complexity index is 834. The van der Waals surface area contributed by atoms with Gasteiger partial charge in [0.05, 0.1) is 0 Å². The number of carbonyl (C=O) groups excluding carboxylic acids is 1. The molecular formula is C18H15ClN2O4. The third-order valence-electron chi connectivity index (χ3n) is 3.28. The van der Waals surface area contributed by atoms with Crippen molar-refractivity contribution in [2.24, 2.45) is 0 Å². The smallest absolute Gasteiger partial charge is 0.347 e. The molecule has 0 saturated carbocycles. The van der Waals surface area contributed by atoms with Crippen LogP contribution in [0.4, 0.5) is 0 Å². The summed E-state index contributed by atoms with van der Waals surface area (Å²) in [5.74, 6) is 0.579. The average molecular weight is 359 g/mol. The Hall–Kier alpha value is -2.86. The van der Waals surface area contributed by atoms with Gasteiger partial charge >= 0.3 is 5.97 Å². The molecule has 6 nitrogen and oxygen atoms in total. The molecule has 0 saturated heterocycles. The van der Waals surface area contributed by atoms with Gasteiger partial charge in [-0.15, -0.1) is 10.2 Å². The number of esters is 1. The molecule has 128 valence electrons. The standard InChI is InChI=1S/C18H15ClN2O4/c1-12(24-15-9-7-14(19)8-10-15)18(22)23-11-16-20-21-17(25-16)13-5-3-2-4-6-13/h2-10,12H,11H2,1H3/t12-/m1/s1. The molecule has 7 heteroatoms. The van der Waals surface area contributed by atoms with E-state index < -0.39 is 12.1 Å². The molecular weight excluding hydrogens is 344 g/mol. The monoisotopic (exact) mass is 358 g/mol. The zero-order valence-corrected chi connectivity index (χ0v) is 14.1. The van der Waals surface area contributed by atoms with E-state index in [-0.39, 0.29) is 12.5 Å². The number of rotatable bonds is 6. The molecule has 0 aliphatic carbocycles. The minimum Gasteiger partial charge on any atom is -0.479 e. The van der Waals surface area contributed by atoms with Gasteiger partial charge in [0.15, 0.2) is 12.7 Å². The summed E-state index contributed by atoms with van der Waals surface area (Å²) in [7, 11) is 0. The van der Waals surface area contributed by atoms with Crippen molar-refractivity contribution in [3.8, 4) is 17.2 Å². The number of nitrogens with zero attached hydrogens (tertiary/aromatic N) is 2. The van der Waals surface area contributed by atoms with E-state index in [1.54, 1.807) is 31.2 Å². The first kappa shape index (κ1) is 17.0. The van der Waals surface area contributed by atoms with Crippen LogP contribution in [0.5, 0.6) is 5.75 Å². The van der Waals surface area contributed by atoms with E-state index in [1.165, 1.54) is 0 Å². The lowest BCUT2D eigenvalue weighted by atomic mass is 10.2. The van der Waals surface area contributed by atoms with Crippen molar-refractivity contribution in [1.29, 1.82) is 0 Å². The highest BCUT2D eigenvalue weighted by Crippen LogP contribution is 2.18. The summed E-state index contributed by atoms with van der Waals surface area (Å²) in [5, 5.41) is 8.39. The highest BCUT2D eigenvalue weighted by molar-refractivity contribution is 6.30. The Labute approximate surface area is 149 Å². The van der Waals surface area contributed by atoms with Crippen LogP contribution < -0.4 is 4.74 Å². The van der Waals surface area contributed by atoms with Crippen molar-refractivity contribution in [2.45, 2.75) is 19.6 Å². The number of benzene rings is 2. The van der Waals surface area contributed by atoms with E-state index in [0.29, 0.717) is 16.7 Å². The fraction of sp³-hybridized carbons (Fsp3) is 0.167. The van der Waals surface area contributed by atoms with Crippen molar-refractivity contribution in [3.63, 3.8) is 0 Å². The van der Waals surface area contributed by atoms with Crippen LogP contribution in [-0.2, 0) is 16.1 Å². The maximum absolute atomic E-state index is 12.0. The quantitative estimate of drug-likeness (QED) is 0.622. The predicted octanol–water partition coefficient (Wildman–Crippen LogP) is 3.90. The molecule has 1 atom stereocenters. The molecule has 1 aromatic heterocycles. The summed E-state index contributed by atoms with van der Waals surface area (Å²) >= 11 is 5.80. The fourth-order valence-electron chi connectivity index (χ4n) is 2.02. The Kier molecular flexibility index (Phi) is 5.30. The van der Waals surface area contributed by atoms with Crippen LogP contribution in [-0.4, -0.2) is 22.3 Å². The third-order valence-corrected chi connectivity index (χ3v) is 3.54. The Morgan fingerprint density at radius 2 is 1.84 bits per heavy atom. The van der Waals surface area contributed by atoms with Crippen LogP contribution in [0.25, 0.3) is 11.5 Å². The second-order valence-corrected chi connectivity index (χ2v) is 5.63. The van der Waals surface area contributed by atoms with Gasteiger partial charge in [-0.25, -0.2) is 4.79 Å². The normalized spacial score (nSPS) is 11.8. The molecule has 2 aromatic carbocycles. The van der Waals surface area contributed by atoms with Crippen molar-refractivity contribution in [2.75, 3.05) is 0 Å². The molecule has 3 aromatic rings. The van der Waals surface area contributed by atoms with Crippen LogP contribution in [0.15, 0.2) is 59.0 Å². The van der Waals surface area contributed by atoms with Crippen LogP contribution >= 0.6 is 11.6 Å². The fourth-order valence-corrected chi connectivity index (χ4v) is 2.15. The van der Waals surface area contributed by atoms with E-state index in [4.69, 9.17) is 25.5 Å². The van der Waals surface area contributed by atoms with E-state index in [9.17, 15) is 4.79 Å². The number of halogens is 1. The van der Waals surface area contributed by atoms with Gasteiger partial charge in [-0.3, -0.25) is 0 Å². The summed E-state index contributed by atoms with van der Waals surface area (Å²) < 4.78 is 16.1. The second kappa shape index (κ2) is 7.81. The van der Waals surface area contributed by atoms with Gasteiger partial charge in [0.25, 0.3) is 5.89 Å². The highest BCUT2D eigenvalue weighted by Gasteiger charge is 2.18. The van der Waals surface area contributed by atoms with Crippen molar-refractivity contribution >= 4 is 17.6 Å². The van der Waals surface area contributed by atoms with Gasteiger partial charge in [0.2, 0.25) is 5.89 Å². The van der Waals surface area contributed by atoms with Crippen LogP contribution in [0.3, 0.4) is 0 Å².